The number of hydrogen-bond acceptors (Lipinski definition) is 4. The van der Waals surface area contributed by atoms with E-state index in [0.717, 1.165) is 19.6 Å². The van der Waals surface area contributed by atoms with E-state index >= 15 is 0 Å². The predicted molar refractivity (Wildman–Crippen MR) is 66.9 cm³/mol. The summed E-state index contributed by atoms with van der Waals surface area (Å²) in [4.78, 5) is 21.9. The van der Waals surface area contributed by atoms with Gasteiger partial charge in [0.15, 0.2) is 0 Å². The second kappa shape index (κ2) is 6.96. The normalized spacial score (nSPS) is 10.6. The Labute approximate surface area is 102 Å². The number of likely N-dealkylation sites (N-methyl/N-ethyl adjacent to an activating group) is 1. The summed E-state index contributed by atoms with van der Waals surface area (Å²) in [6.07, 6.45) is 3.00. The molecule has 0 unspecified atom stereocenters. The maximum atomic E-state index is 11.8. The minimum Gasteiger partial charge on any atom is -0.351 e. The fourth-order valence-corrected chi connectivity index (χ4v) is 1.58. The monoisotopic (exact) mass is 236 g/mol. The first kappa shape index (κ1) is 13.6. The van der Waals surface area contributed by atoms with Crippen LogP contribution in [-0.2, 0) is 0 Å². The summed E-state index contributed by atoms with van der Waals surface area (Å²) in [5, 5.41) is 2.88. The van der Waals surface area contributed by atoms with Gasteiger partial charge < -0.3 is 10.2 Å². The van der Waals surface area contributed by atoms with Gasteiger partial charge in [0.2, 0.25) is 0 Å². The van der Waals surface area contributed by atoms with Crippen molar-refractivity contribution < 1.29 is 4.79 Å². The Balaban J connectivity index is 2.43. The van der Waals surface area contributed by atoms with Crippen LogP contribution in [0.2, 0.25) is 0 Å². The van der Waals surface area contributed by atoms with Gasteiger partial charge in [0.25, 0.3) is 5.91 Å². The molecule has 0 aliphatic rings. The van der Waals surface area contributed by atoms with Crippen LogP contribution in [0.4, 0.5) is 0 Å². The summed E-state index contributed by atoms with van der Waals surface area (Å²) in [7, 11) is 0. The molecule has 94 valence electrons. The zero-order valence-electron chi connectivity index (χ0n) is 10.7. The molecule has 0 aliphatic heterocycles. The average molecular weight is 236 g/mol. The zero-order chi connectivity index (χ0) is 12.7. The second-order valence-corrected chi connectivity index (χ2v) is 3.80. The third-order valence-electron chi connectivity index (χ3n) is 2.76. The van der Waals surface area contributed by atoms with Gasteiger partial charge in [-0.05, 0) is 20.0 Å². The van der Waals surface area contributed by atoms with Crippen molar-refractivity contribution in [1.29, 1.82) is 0 Å². The lowest BCUT2D eigenvalue weighted by atomic mass is 10.2. The number of carbonyl (C=O) groups excluding carboxylic acids is 1. The van der Waals surface area contributed by atoms with Gasteiger partial charge in [0.1, 0.15) is 6.33 Å². The molecule has 0 fully saturated rings. The molecule has 0 aromatic carbocycles. The Morgan fingerprint density at radius 1 is 1.41 bits per heavy atom. The van der Waals surface area contributed by atoms with Gasteiger partial charge in [-0.25, -0.2) is 9.97 Å². The molecule has 1 amide bonds. The number of amides is 1. The number of nitrogens with zero attached hydrogens (tertiary/aromatic N) is 3. The van der Waals surface area contributed by atoms with E-state index in [2.05, 4.69) is 34.0 Å². The van der Waals surface area contributed by atoms with Gasteiger partial charge in [0.05, 0.1) is 11.3 Å². The number of aromatic nitrogens is 2. The molecule has 1 heterocycles. The van der Waals surface area contributed by atoms with E-state index in [1.165, 1.54) is 6.33 Å². The lowest BCUT2D eigenvalue weighted by Gasteiger charge is -2.18. The molecule has 1 rings (SSSR count). The Bertz CT molecular complexity index is 363. The van der Waals surface area contributed by atoms with Crippen molar-refractivity contribution in [1.82, 2.24) is 20.2 Å². The number of rotatable bonds is 6. The molecule has 1 N–H and O–H groups in total. The van der Waals surface area contributed by atoms with Gasteiger partial charge in [-0.1, -0.05) is 13.8 Å². The second-order valence-electron chi connectivity index (χ2n) is 3.80. The summed E-state index contributed by atoms with van der Waals surface area (Å²) in [5.74, 6) is -0.102. The third-order valence-corrected chi connectivity index (χ3v) is 2.76. The summed E-state index contributed by atoms with van der Waals surface area (Å²) < 4.78 is 0. The fourth-order valence-electron chi connectivity index (χ4n) is 1.58. The topological polar surface area (TPSA) is 58.1 Å². The smallest absolute Gasteiger partial charge is 0.254 e. The molecule has 0 spiro atoms. The molecule has 17 heavy (non-hydrogen) atoms. The van der Waals surface area contributed by atoms with Gasteiger partial charge in [0, 0.05) is 19.3 Å². The Hall–Kier alpha value is -1.49. The van der Waals surface area contributed by atoms with Crippen molar-refractivity contribution in [3.05, 3.63) is 23.8 Å². The molecule has 5 heteroatoms. The number of aryl methyl sites for hydroxylation is 1. The number of hydrogen-bond donors (Lipinski definition) is 1. The van der Waals surface area contributed by atoms with Gasteiger partial charge in [-0.3, -0.25) is 4.79 Å². The van der Waals surface area contributed by atoms with Crippen LogP contribution in [0.5, 0.6) is 0 Å². The lowest BCUT2D eigenvalue weighted by molar-refractivity contribution is 0.0947. The molecular formula is C12H20N4O. The van der Waals surface area contributed by atoms with Crippen LogP contribution in [0, 0.1) is 6.92 Å². The van der Waals surface area contributed by atoms with Crippen molar-refractivity contribution in [2.45, 2.75) is 20.8 Å². The maximum absolute atomic E-state index is 11.8. The van der Waals surface area contributed by atoms with E-state index in [9.17, 15) is 4.79 Å². The van der Waals surface area contributed by atoms with E-state index < -0.39 is 0 Å². The quantitative estimate of drug-likeness (QED) is 0.795. The molecule has 0 saturated heterocycles. The maximum Gasteiger partial charge on any atom is 0.254 e. The minimum absolute atomic E-state index is 0.102. The van der Waals surface area contributed by atoms with E-state index in [4.69, 9.17) is 0 Å². The van der Waals surface area contributed by atoms with Crippen LogP contribution in [0.25, 0.3) is 0 Å². The van der Waals surface area contributed by atoms with Crippen molar-refractivity contribution in [2.75, 3.05) is 26.2 Å². The first-order valence-corrected chi connectivity index (χ1v) is 5.96. The average Bonchev–Trinajstić information content (AvgIpc) is 2.35. The van der Waals surface area contributed by atoms with Gasteiger partial charge in [-0.2, -0.15) is 0 Å². The minimum atomic E-state index is -0.102. The van der Waals surface area contributed by atoms with E-state index in [1.807, 2.05) is 0 Å². The fraction of sp³-hybridized carbons (Fsp3) is 0.583. The first-order valence-electron chi connectivity index (χ1n) is 5.96. The van der Waals surface area contributed by atoms with Crippen LogP contribution in [0.1, 0.15) is 29.9 Å². The SMILES string of the molecule is CCN(CC)CCNC(=O)c1cncnc1C. The molecule has 1 aromatic rings. The highest BCUT2D eigenvalue weighted by Gasteiger charge is 2.09. The van der Waals surface area contributed by atoms with Gasteiger partial charge in [-0.15, -0.1) is 0 Å². The first-order chi connectivity index (χ1) is 8.19. The number of carbonyl (C=O) groups is 1. The summed E-state index contributed by atoms with van der Waals surface area (Å²) in [6, 6.07) is 0. The lowest BCUT2D eigenvalue weighted by Crippen LogP contribution is -2.35. The van der Waals surface area contributed by atoms with Crippen molar-refractivity contribution in [3.8, 4) is 0 Å². The van der Waals surface area contributed by atoms with Crippen LogP contribution in [-0.4, -0.2) is 47.0 Å². The van der Waals surface area contributed by atoms with Crippen LogP contribution in [0.3, 0.4) is 0 Å². The summed E-state index contributed by atoms with van der Waals surface area (Å²) in [6.45, 7) is 9.54. The standard InChI is InChI=1S/C12H20N4O/c1-4-16(5-2)7-6-14-12(17)11-8-13-9-15-10(11)3/h8-9H,4-7H2,1-3H3,(H,14,17). The van der Waals surface area contributed by atoms with Crippen LogP contribution >= 0.6 is 0 Å². The van der Waals surface area contributed by atoms with Gasteiger partial charge >= 0.3 is 0 Å². The Kier molecular flexibility index (Phi) is 5.56. The highest BCUT2D eigenvalue weighted by molar-refractivity contribution is 5.94. The third kappa shape index (κ3) is 4.11. The highest BCUT2D eigenvalue weighted by Crippen LogP contribution is 2.00. The van der Waals surface area contributed by atoms with Crippen LogP contribution in [0.15, 0.2) is 12.5 Å². The molecule has 1 aromatic heterocycles. The van der Waals surface area contributed by atoms with Crippen molar-refractivity contribution in [3.63, 3.8) is 0 Å². The molecule has 0 atom stereocenters. The van der Waals surface area contributed by atoms with Crippen molar-refractivity contribution >= 4 is 5.91 Å². The molecule has 0 aliphatic carbocycles. The summed E-state index contributed by atoms with van der Waals surface area (Å²) in [5.41, 5.74) is 1.26. The van der Waals surface area contributed by atoms with E-state index in [1.54, 1.807) is 13.1 Å². The molecule has 5 nitrogen and oxygen atoms in total. The highest BCUT2D eigenvalue weighted by atomic mass is 16.1. The molecule has 0 bridgehead atoms. The van der Waals surface area contributed by atoms with E-state index in [-0.39, 0.29) is 5.91 Å². The molecular weight excluding hydrogens is 216 g/mol. The predicted octanol–water partition coefficient (Wildman–Crippen LogP) is 0.857. The van der Waals surface area contributed by atoms with Crippen LogP contribution < -0.4 is 5.32 Å². The zero-order valence-corrected chi connectivity index (χ0v) is 10.7. The number of nitrogens with one attached hydrogen (secondary N) is 1. The Morgan fingerprint density at radius 3 is 2.71 bits per heavy atom. The van der Waals surface area contributed by atoms with Crippen molar-refractivity contribution in [2.24, 2.45) is 0 Å². The largest absolute Gasteiger partial charge is 0.351 e. The molecule has 0 saturated carbocycles. The molecule has 0 radical (unpaired) electrons. The summed E-state index contributed by atoms with van der Waals surface area (Å²) >= 11 is 0. The Morgan fingerprint density at radius 2 is 2.12 bits per heavy atom. The van der Waals surface area contributed by atoms with E-state index in [0.29, 0.717) is 17.8 Å².